The smallest absolute Gasteiger partial charge is 0.0599 e. The van der Waals surface area contributed by atoms with Crippen molar-refractivity contribution in [2.24, 2.45) is 0 Å². The van der Waals surface area contributed by atoms with Crippen LogP contribution in [0.4, 0.5) is 0 Å². The van der Waals surface area contributed by atoms with Gasteiger partial charge in [0.05, 0.1) is 6.61 Å². The predicted octanol–water partition coefficient (Wildman–Crippen LogP) is -0.929. The molecule has 2 bridgehead atoms. The Balaban J connectivity index is 2.00. The Labute approximate surface area is 60.8 Å². The molecule has 2 heterocycles. The lowest BCUT2D eigenvalue weighted by atomic mass is 10.1. The maximum absolute atomic E-state index is 8.91. The van der Waals surface area contributed by atoms with Crippen LogP contribution in [0.1, 0.15) is 12.8 Å². The van der Waals surface area contributed by atoms with Crippen LogP contribution in [0.15, 0.2) is 0 Å². The zero-order valence-corrected chi connectivity index (χ0v) is 6.01. The number of piperazine rings is 1. The highest BCUT2D eigenvalue weighted by Crippen LogP contribution is 2.18. The first-order valence-electron chi connectivity index (χ1n) is 4.00. The van der Waals surface area contributed by atoms with Crippen molar-refractivity contribution in [1.82, 2.24) is 10.6 Å². The van der Waals surface area contributed by atoms with E-state index in [0.29, 0.717) is 18.1 Å². The minimum atomic E-state index is 0.268. The van der Waals surface area contributed by atoms with Crippen LogP contribution in [0, 0.1) is 0 Å². The van der Waals surface area contributed by atoms with Gasteiger partial charge in [-0.3, -0.25) is 0 Å². The molecule has 3 N–H and O–H groups in total. The second kappa shape index (κ2) is 2.49. The number of fused-ring (bicyclic) bond motifs is 2. The number of aliphatic hydroxyl groups excluding tert-OH is 1. The molecular weight excluding hydrogens is 128 g/mol. The first-order valence-corrected chi connectivity index (χ1v) is 4.00. The highest BCUT2D eigenvalue weighted by atomic mass is 16.3. The Kier molecular flexibility index (Phi) is 1.64. The van der Waals surface area contributed by atoms with Crippen LogP contribution in [0.5, 0.6) is 0 Å². The number of nitrogens with one attached hydrogen (secondary N) is 2. The average molecular weight is 142 g/mol. The van der Waals surface area contributed by atoms with E-state index in [-0.39, 0.29) is 6.61 Å². The number of hydrogen-bond acceptors (Lipinski definition) is 3. The zero-order chi connectivity index (χ0) is 6.97. The third-order valence-corrected chi connectivity index (χ3v) is 2.58. The number of rotatable bonds is 1. The topological polar surface area (TPSA) is 44.3 Å². The third-order valence-electron chi connectivity index (χ3n) is 2.58. The molecule has 2 saturated heterocycles. The molecule has 0 spiro atoms. The van der Waals surface area contributed by atoms with Crippen molar-refractivity contribution >= 4 is 0 Å². The highest BCUT2D eigenvalue weighted by Gasteiger charge is 2.33. The van der Waals surface area contributed by atoms with Crippen LogP contribution in [-0.4, -0.2) is 36.4 Å². The SMILES string of the molecule is OCC1NC[C@@H]2CC[C@H]1N2. The molecule has 10 heavy (non-hydrogen) atoms. The fraction of sp³-hybridized carbons (Fsp3) is 1.00. The summed E-state index contributed by atoms with van der Waals surface area (Å²) in [6.07, 6.45) is 2.50. The van der Waals surface area contributed by atoms with Crippen LogP contribution in [0.3, 0.4) is 0 Å². The lowest BCUT2D eigenvalue weighted by molar-refractivity contribution is 0.198. The van der Waals surface area contributed by atoms with Crippen molar-refractivity contribution in [2.45, 2.75) is 31.0 Å². The van der Waals surface area contributed by atoms with E-state index in [0.717, 1.165) is 6.54 Å². The second-order valence-corrected chi connectivity index (χ2v) is 3.24. The summed E-state index contributed by atoms with van der Waals surface area (Å²) in [4.78, 5) is 0. The molecule has 0 amide bonds. The van der Waals surface area contributed by atoms with E-state index in [1.807, 2.05) is 0 Å². The molecule has 2 rings (SSSR count). The molecule has 58 valence electrons. The minimum Gasteiger partial charge on any atom is -0.395 e. The van der Waals surface area contributed by atoms with Crippen molar-refractivity contribution in [3.63, 3.8) is 0 Å². The van der Waals surface area contributed by atoms with Gasteiger partial charge in [0.25, 0.3) is 0 Å². The van der Waals surface area contributed by atoms with E-state index in [1.165, 1.54) is 12.8 Å². The molecule has 3 nitrogen and oxygen atoms in total. The Morgan fingerprint density at radius 3 is 3.10 bits per heavy atom. The van der Waals surface area contributed by atoms with Crippen LogP contribution >= 0.6 is 0 Å². The fourth-order valence-electron chi connectivity index (χ4n) is 1.96. The van der Waals surface area contributed by atoms with Crippen molar-refractivity contribution in [2.75, 3.05) is 13.2 Å². The summed E-state index contributed by atoms with van der Waals surface area (Å²) in [6, 6.07) is 1.51. The minimum absolute atomic E-state index is 0.268. The van der Waals surface area contributed by atoms with E-state index in [2.05, 4.69) is 10.6 Å². The lowest BCUT2D eigenvalue weighted by Gasteiger charge is -2.29. The molecule has 0 aliphatic carbocycles. The van der Waals surface area contributed by atoms with Crippen LogP contribution in [0.25, 0.3) is 0 Å². The van der Waals surface area contributed by atoms with Gasteiger partial charge in [0.2, 0.25) is 0 Å². The van der Waals surface area contributed by atoms with E-state index in [9.17, 15) is 0 Å². The summed E-state index contributed by atoms with van der Waals surface area (Å²) >= 11 is 0. The van der Waals surface area contributed by atoms with Gasteiger partial charge < -0.3 is 15.7 Å². The van der Waals surface area contributed by atoms with Gasteiger partial charge in [-0.05, 0) is 12.8 Å². The first-order chi connectivity index (χ1) is 4.90. The summed E-state index contributed by atoms with van der Waals surface area (Å²) in [5.74, 6) is 0. The molecular formula is C7H14N2O. The lowest BCUT2D eigenvalue weighted by Crippen LogP contribution is -2.57. The molecule has 3 heteroatoms. The molecule has 0 saturated carbocycles. The van der Waals surface area contributed by atoms with E-state index in [4.69, 9.17) is 5.11 Å². The van der Waals surface area contributed by atoms with Crippen LogP contribution in [0.2, 0.25) is 0 Å². The van der Waals surface area contributed by atoms with Crippen LogP contribution < -0.4 is 10.6 Å². The van der Waals surface area contributed by atoms with Gasteiger partial charge >= 0.3 is 0 Å². The van der Waals surface area contributed by atoms with E-state index < -0.39 is 0 Å². The summed E-state index contributed by atoms with van der Waals surface area (Å²) in [6.45, 7) is 1.30. The monoisotopic (exact) mass is 142 g/mol. The molecule has 0 aromatic heterocycles. The highest BCUT2D eigenvalue weighted by molar-refractivity contribution is 4.97. The Hall–Kier alpha value is -0.120. The molecule has 2 aliphatic heterocycles. The zero-order valence-electron chi connectivity index (χ0n) is 6.01. The first kappa shape index (κ1) is 6.58. The van der Waals surface area contributed by atoms with Gasteiger partial charge in [0.15, 0.2) is 0 Å². The van der Waals surface area contributed by atoms with E-state index in [1.54, 1.807) is 0 Å². The predicted molar refractivity (Wildman–Crippen MR) is 38.8 cm³/mol. The second-order valence-electron chi connectivity index (χ2n) is 3.24. The normalized spacial score (nSPS) is 45.9. The van der Waals surface area contributed by atoms with Gasteiger partial charge in [-0.15, -0.1) is 0 Å². The largest absolute Gasteiger partial charge is 0.395 e. The molecule has 2 aliphatic rings. The van der Waals surface area contributed by atoms with E-state index >= 15 is 0 Å². The van der Waals surface area contributed by atoms with Gasteiger partial charge in [0, 0.05) is 24.7 Å². The molecule has 0 radical (unpaired) electrons. The van der Waals surface area contributed by atoms with Crippen molar-refractivity contribution in [3.05, 3.63) is 0 Å². The van der Waals surface area contributed by atoms with Crippen molar-refractivity contribution in [1.29, 1.82) is 0 Å². The summed E-state index contributed by atoms with van der Waals surface area (Å²) in [5.41, 5.74) is 0. The maximum Gasteiger partial charge on any atom is 0.0599 e. The number of hydrogen-bond donors (Lipinski definition) is 3. The molecule has 0 aromatic rings. The summed E-state index contributed by atoms with van der Waals surface area (Å²) in [5, 5.41) is 15.7. The fourth-order valence-corrected chi connectivity index (χ4v) is 1.96. The molecule has 2 fully saturated rings. The van der Waals surface area contributed by atoms with Crippen molar-refractivity contribution in [3.8, 4) is 0 Å². The maximum atomic E-state index is 8.91. The molecule has 3 atom stereocenters. The quantitative estimate of drug-likeness (QED) is 0.443. The van der Waals surface area contributed by atoms with Gasteiger partial charge in [-0.25, -0.2) is 0 Å². The molecule has 1 unspecified atom stereocenters. The Morgan fingerprint density at radius 2 is 2.30 bits per heavy atom. The summed E-state index contributed by atoms with van der Waals surface area (Å²) < 4.78 is 0. The standard InChI is InChI=1S/C7H14N2O/c10-4-7-6-2-1-5(9-6)3-8-7/h5-10H,1-4H2/t5-,6+,7?/m0/s1. The van der Waals surface area contributed by atoms with Crippen molar-refractivity contribution < 1.29 is 5.11 Å². The van der Waals surface area contributed by atoms with Gasteiger partial charge in [-0.1, -0.05) is 0 Å². The molecule has 0 aromatic carbocycles. The third kappa shape index (κ3) is 0.944. The average Bonchev–Trinajstić information content (AvgIpc) is 2.34. The van der Waals surface area contributed by atoms with Gasteiger partial charge in [0.1, 0.15) is 0 Å². The Bertz CT molecular complexity index is 129. The summed E-state index contributed by atoms with van der Waals surface area (Å²) in [7, 11) is 0. The number of aliphatic hydroxyl groups is 1. The Morgan fingerprint density at radius 1 is 1.40 bits per heavy atom. The van der Waals surface area contributed by atoms with Gasteiger partial charge in [-0.2, -0.15) is 0 Å². The van der Waals surface area contributed by atoms with Crippen LogP contribution in [-0.2, 0) is 0 Å².